The highest BCUT2D eigenvalue weighted by molar-refractivity contribution is 6.02. The van der Waals surface area contributed by atoms with Gasteiger partial charge in [-0.2, -0.15) is 5.10 Å². The summed E-state index contributed by atoms with van der Waals surface area (Å²) in [6.45, 7) is 8.01. The number of methoxy groups -OCH3 is 1. The van der Waals surface area contributed by atoms with Gasteiger partial charge in [0.25, 0.3) is 5.91 Å². The number of nitrogens with zero attached hydrogens (tertiary/aromatic N) is 5. The molecule has 0 atom stereocenters. The fraction of sp³-hybridized carbons (Fsp3) is 0.320. The molecule has 0 aliphatic heterocycles. The number of benzene rings is 2. The zero-order chi connectivity index (χ0) is 23.9. The smallest absolute Gasteiger partial charge is 0.278 e. The van der Waals surface area contributed by atoms with Crippen molar-refractivity contribution in [2.24, 2.45) is 0 Å². The molecular formula is C25H30N6O3. The summed E-state index contributed by atoms with van der Waals surface area (Å²) < 4.78 is 14.5. The maximum Gasteiger partial charge on any atom is 0.278 e. The van der Waals surface area contributed by atoms with Crippen LogP contribution in [0.2, 0.25) is 0 Å². The third-order valence-electron chi connectivity index (χ3n) is 5.71. The Morgan fingerprint density at radius 1 is 1.03 bits per heavy atom. The molecule has 178 valence electrons. The van der Waals surface area contributed by atoms with Gasteiger partial charge in [-0.1, -0.05) is 26.0 Å². The lowest BCUT2D eigenvalue weighted by atomic mass is 10.3. The van der Waals surface area contributed by atoms with E-state index in [0.29, 0.717) is 17.4 Å². The molecule has 0 bridgehead atoms. The van der Waals surface area contributed by atoms with E-state index in [-0.39, 0.29) is 12.6 Å². The number of rotatable bonds is 11. The lowest BCUT2D eigenvalue weighted by molar-refractivity contribution is 0.101. The molecular weight excluding hydrogens is 432 g/mol. The number of amides is 1. The molecule has 0 saturated carbocycles. The van der Waals surface area contributed by atoms with Gasteiger partial charge in [-0.25, -0.2) is 9.67 Å². The van der Waals surface area contributed by atoms with E-state index in [1.54, 1.807) is 24.1 Å². The monoisotopic (exact) mass is 462 g/mol. The lowest BCUT2D eigenvalue weighted by Gasteiger charge is -2.19. The van der Waals surface area contributed by atoms with E-state index in [9.17, 15) is 4.79 Å². The van der Waals surface area contributed by atoms with E-state index in [2.05, 4.69) is 38.7 Å². The predicted molar refractivity (Wildman–Crippen MR) is 131 cm³/mol. The highest BCUT2D eigenvalue weighted by atomic mass is 16.5. The molecule has 2 aromatic carbocycles. The number of aromatic nitrogens is 4. The molecule has 2 aromatic heterocycles. The molecule has 9 nitrogen and oxygen atoms in total. The Kier molecular flexibility index (Phi) is 7.44. The first-order chi connectivity index (χ1) is 16.6. The Bertz CT molecular complexity index is 1230. The van der Waals surface area contributed by atoms with Gasteiger partial charge in [0.1, 0.15) is 11.5 Å². The molecule has 1 amide bonds. The quantitative estimate of drug-likeness (QED) is 0.364. The number of carbonyl (C=O) groups is 1. The number of hydrogen-bond acceptors (Lipinski definition) is 6. The normalized spacial score (nSPS) is 11.2. The van der Waals surface area contributed by atoms with Gasteiger partial charge >= 0.3 is 0 Å². The van der Waals surface area contributed by atoms with E-state index in [1.165, 1.54) is 0 Å². The molecule has 34 heavy (non-hydrogen) atoms. The Morgan fingerprint density at radius 2 is 1.76 bits per heavy atom. The Balaban J connectivity index is 1.44. The van der Waals surface area contributed by atoms with Crippen LogP contribution in [0.5, 0.6) is 11.5 Å². The first-order valence-corrected chi connectivity index (χ1v) is 11.4. The van der Waals surface area contributed by atoms with Crippen molar-refractivity contribution in [1.29, 1.82) is 0 Å². The fourth-order valence-electron chi connectivity index (χ4n) is 3.71. The largest absolute Gasteiger partial charge is 0.497 e. The van der Waals surface area contributed by atoms with E-state index in [1.807, 2.05) is 48.5 Å². The van der Waals surface area contributed by atoms with Crippen molar-refractivity contribution in [2.75, 3.05) is 32.1 Å². The summed E-state index contributed by atoms with van der Waals surface area (Å²) in [5.74, 6) is 1.64. The number of hydrogen-bond donors (Lipinski definition) is 1. The minimum Gasteiger partial charge on any atom is -0.497 e. The van der Waals surface area contributed by atoms with Gasteiger partial charge in [0.15, 0.2) is 12.4 Å². The molecule has 1 N–H and O–H groups in total. The van der Waals surface area contributed by atoms with E-state index in [0.717, 1.165) is 43.0 Å². The number of anilines is 1. The summed E-state index contributed by atoms with van der Waals surface area (Å²) in [5, 5.41) is 7.29. The van der Waals surface area contributed by atoms with Crippen molar-refractivity contribution in [1.82, 2.24) is 24.2 Å². The summed E-state index contributed by atoms with van der Waals surface area (Å²) in [6, 6.07) is 16.8. The second kappa shape index (κ2) is 10.8. The van der Waals surface area contributed by atoms with Crippen molar-refractivity contribution in [3.63, 3.8) is 0 Å². The lowest BCUT2D eigenvalue weighted by Crippen LogP contribution is -2.27. The predicted octanol–water partition coefficient (Wildman–Crippen LogP) is 3.87. The molecule has 0 saturated heterocycles. The Labute approximate surface area is 198 Å². The summed E-state index contributed by atoms with van der Waals surface area (Å²) in [4.78, 5) is 19.9. The maximum atomic E-state index is 12.9. The number of likely N-dealkylation sites (N-methyl/N-ethyl adjacent to an activating group) is 1. The fourth-order valence-corrected chi connectivity index (χ4v) is 3.71. The molecule has 0 radical (unpaired) electrons. The second-order valence-electron chi connectivity index (χ2n) is 7.75. The zero-order valence-electron chi connectivity index (χ0n) is 19.8. The standard InChI is InChI=1S/C25H30N6O3/c1-4-29(5-2)16-17-31-23-9-7-6-8-21(23)26-25(31)27-24(32)22-14-15-30(28-22)18-34-20-12-10-19(33-3)11-13-20/h6-15H,4-5,16-18H2,1-3H3,(H,26,27,32). The van der Waals surface area contributed by atoms with Crippen molar-refractivity contribution in [3.8, 4) is 11.5 Å². The molecule has 9 heteroatoms. The molecule has 0 aliphatic rings. The van der Waals surface area contributed by atoms with Gasteiger partial charge in [-0.15, -0.1) is 0 Å². The van der Waals surface area contributed by atoms with Gasteiger partial charge in [0.2, 0.25) is 5.95 Å². The van der Waals surface area contributed by atoms with Crippen LogP contribution in [0.4, 0.5) is 5.95 Å². The minimum atomic E-state index is -0.317. The van der Waals surface area contributed by atoms with Crippen LogP contribution in [0.1, 0.15) is 24.3 Å². The Morgan fingerprint density at radius 3 is 2.50 bits per heavy atom. The van der Waals surface area contributed by atoms with Gasteiger partial charge in [0.05, 0.1) is 18.1 Å². The molecule has 4 rings (SSSR count). The molecule has 2 heterocycles. The maximum absolute atomic E-state index is 12.9. The number of imidazole rings is 1. The van der Waals surface area contributed by atoms with Crippen molar-refractivity contribution in [2.45, 2.75) is 27.1 Å². The summed E-state index contributed by atoms with van der Waals surface area (Å²) in [7, 11) is 1.62. The molecule has 0 fully saturated rings. The molecule has 0 aliphatic carbocycles. The van der Waals surface area contributed by atoms with Crippen LogP contribution in [-0.4, -0.2) is 56.9 Å². The zero-order valence-corrected chi connectivity index (χ0v) is 19.8. The van der Waals surface area contributed by atoms with E-state index >= 15 is 0 Å². The summed E-state index contributed by atoms with van der Waals surface area (Å²) in [6.07, 6.45) is 1.71. The van der Waals surface area contributed by atoms with Crippen LogP contribution in [0.3, 0.4) is 0 Å². The third kappa shape index (κ3) is 5.37. The number of carbonyl (C=O) groups excluding carboxylic acids is 1. The third-order valence-corrected chi connectivity index (χ3v) is 5.71. The van der Waals surface area contributed by atoms with Crippen LogP contribution >= 0.6 is 0 Å². The number of para-hydroxylation sites is 2. The van der Waals surface area contributed by atoms with Crippen molar-refractivity contribution < 1.29 is 14.3 Å². The first-order valence-electron chi connectivity index (χ1n) is 11.4. The van der Waals surface area contributed by atoms with Crippen LogP contribution in [0.15, 0.2) is 60.8 Å². The average molecular weight is 463 g/mol. The number of fused-ring (bicyclic) bond motifs is 1. The molecule has 0 unspecified atom stereocenters. The van der Waals surface area contributed by atoms with Crippen LogP contribution in [0, 0.1) is 0 Å². The van der Waals surface area contributed by atoms with Crippen LogP contribution < -0.4 is 14.8 Å². The number of nitrogens with one attached hydrogen (secondary N) is 1. The van der Waals surface area contributed by atoms with Gasteiger partial charge in [-0.3, -0.25) is 10.1 Å². The number of ether oxygens (including phenoxy) is 2. The first kappa shape index (κ1) is 23.3. The topological polar surface area (TPSA) is 86.4 Å². The van der Waals surface area contributed by atoms with Gasteiger partial charge in [-0.05, 0) is 55.6 Å². The van der Waals surface area contributed by atoms with Crippen molar-refractivity contribution in [3.05, 3.63) is 66.5 Å². The molecule has 0 spiro atoms. The van der Waals surface area contributed by atoms with Gasteiger partial charge < -0.3 is 18.9 Å². The highest BCUT2D eigenvalue weighted by Crippen LogP contribution is 2.20. The van der Waals surface area contributed by atoms with Gasteiger partial charge in [0, 0.05) is 19.3 Å². The SMILES string of the molecule is CCN(CC)CCn1c(NC(=O)c2ccn(COc3ccc(OC)cc3)n2)nc2ccccc21. The summed E-state index contributed by atoms with van der Waals surface area (Å²) in [5.41, 5.74) is 2.12. The van der Waals surface area contributed by atoms with Crippen molar-refractivity contribution >= 4 is 22.9 Å². The second-order valence-corrected chi connectivity index (χ2v) is 7.75. The Hall–Kier alpha value is -3.85. The highest BCUT2D eigenvalue weighted by Gasteiger charge is 2.17. The van der Waals surface area contributed by atoms with E-state index in [4.69, 9.17) is 9.47 Å². The average Bonchev–Trinajstić information content (AvgIpc) is 3.48. The van der Waals surface area contributed by atoms with Crippen LogP contribution in [0.25, 0.3) is 11.0 Å². The van der Waals surface area contributed by atoms with Crippen LogP contribution in [-0.2, 0) is 13.3 Å². The minimum absolute atomic E-state index is 0.183. The van der Waals surface area contributed by atoms with E-state index < -0.39 is 0 Å². The summed E-state index contributed by atoms with van der Waals surface area (Å²) >= 11 is 0. The molecule has 4 aromatic rings.